The summed E-state index contributed by atoms with van der Waals surface area (Å²) in [4.78, 5) is 8.89. The predicted octanol–water partition coefficient (Wildman–Crippen LogP) is 1.85. The van der Waals surface area contributed by atoms with Gasteiger partial charge in [-0.3, -0.25) is 0 Å². The van der Waals surface area contributed by atoms with Gasteiger partial charge in [-0.15, -0.1) is 0 Å². The lowest BCUT2D eigenvalue weighted by Crippen LogP contribution is -1.95. The minimum absolute atomic E-state index is 0.694. The van der Waals surface area contributed by atoms with Gasteiger partial charge in [-0.05, 0) is 25.0 Å². The molecule has 0 spiro atoms. The Kier molecular flexibility index (Phi) is 1.26. The van der Waals surface area contributed by atoms with Crippen LogP contribution >= 0.6 is 0 Å². The maximum Gasteiger partial charge on any atom is 0.159 e. The molecule has 0 aliphatic heterocycles. The number of imidazole rings is 1. The maximum atomic E-state index is 4.57. The standard InChI is InChI=1S/C10H11N3/c1-13-9(7-4-5-7)12-8-3-2-6-11-10(8)13/h2-3,6-7H,4-5H2,1H3. The van der Waals surface area contributed by atoms with Crippen molar-refractivity contribution >= 4 is 11.2 Å². The van der Waals surface area contributed by atoms with Gasteiger partial charge in [-0.1, -0.05) is 0 Å². The number of pyridine rings is 1. The van der Waals surface area contributed by atoms with Crippen molar-refractivity contribution in [2.75, 3.05) is 0 Å². The lowest BCUT2D eigenvalue weighted by Gasteiger charge is -1.97. The van der Waals surface area contributed by atoms with E-state index in [1.54, 1.807) is 0 Å². The van der Waals surface area contributed by atoms with Crippen LogP contribution in [-0.2, 0) is 7.05 Å². The second kappa shape index (κ2) is 2.31. The van der Waals surface area contributed by atoms with Crippen LogP contribution in [0.1, 0.15) is 24.6 Å². The molecule has 1 saturated carbocycles. The summed E-state index contributed by atoms with van der Waals surface area (Å²) in [7, 11) is 2.05. The smallest absolute Gasteiger partial charge is 0.159 e. The molecule has 2 heterocycles. The van der Waals surface area contributed by atoms with Gasteiger partial charge in [-0.25, -0.2) is 9.97 Å². The molecule has 66 valence electrons. The molecule has 0 saturated heterocycles. The van der Waals surface area contributed by atoms with Crippen LogP contribution in [0, 0.1) is 0 Å². The Labute approximate surface area is 76.4 Å². The number of aromatic nitrogens is 3. The lowest BCUT2D eigenvalue weighted by atomic mass is 10.4. The van der Waals surface area contributed by atoms with Crippen LogP contribution in [-0.4, -0.2) is 14.5 Å². The molecule has 0 radical (unpaired) electrons. The zero-order chi connectivity index (χ0) is 8.84. The third kappa shape index (κ3) is 0.963. The van der Waals surface area contributed by atoms with Crippen LogP contribution in [0.5, 0.6) is 0 Å². The summed E-state index contributed by atoms with van der Waals surface area (Å²) in [6, 6.07) is 3.96. The molecular formula is C10H11N3. The summed E-state index contributed by atoms with van der Waals surface area (Å²) in [5.74, 6) is 1.90. The minimum Gasteiger partial charge on any atom is -0.316 e. The topological polar surface area (TPSA) is 30.7 Å². The fraction of sp³-hybridized carbons (Fsp3) is 0.400. The largest absolute Gasteiger partial charge is 0.316 e. The molecule has 1 aliphatic carbocycles. The highest BCUT2D eigenvalue weighted by Crippen LogP contribution is 2.39. The maximum absolute atomic E-state index is 4.57. The van der Waals surface area contributed by atoms with Crippen LogP contribution in [0.15, 0.2) is 18.3 Å². The van der Waals surface area contributed by atoms with Crippen LogP contribution in [0.3, 0.4) is 0 Å². The zero-order valence-electron chi connectivity index (χ0n) is 7.57. The fourth-order valence-corrected chi connectivity index (χ4v) is 1.75. The third-order valence-corrected chi connectivity index (χ3v) is 2.60. The summed E-state index contributed by atoms with van der Waals surface area (Å²) in [6.45, 7) is 0. The van der Waals surface area contributed by atoms with E-state index in [9.17, 15) is 0 Å². The highest BCUT2D eigenvalue weighted by molar-refractivity contribution is 5.71. The number of fused-ring (bicyclic) bond motifs is 1. The van der Waals surface area contributed by atoms with Crippen LogP contribution in [0.25, 0.3) is 11.2 Å². The number of aryl methyl sites for hydroxylation is 1. The molecule has 1 aliphatic rings. The van der Waals surface area contributed by atoms with Crippen LogP contribution in [0.4, 0.5) is 0 Å². The summed E-state index contributed by atoms with van der Waals surface area (Å²) < 4.78 is 2.12. The molecule has 0 unspecified atom stereocenters. The van der Waals surface area contributed by atoms with E-state index in [-0.39, 0.29) is 0 Å². The Balaban J connectivity index is 2.30. The lowest BCUT2D eigenvalue weighted by molar-refractivity contribution is 0.812. The third-order valence-electron chi connectivity index (χ3n) is 2.60. The second-order valence-electron chi connectivity index (χ2n) is 3.65. The predicted molar refractivity (Wildman–Crippen MR) is 50.5 cm³/mol. The number of nitrogens with zero attached hydrogens (tertiary/aromatic N) is 3. The molecule has 0 N–H and O–H groups in total. The van der Waals surface area contributed by atoms with E-state index >= 15 is 0 Å². The summed E-state index contributed by atoms with van der Waals surface area (Å²) in [5.41, 5.74) is 2.02. The van der Waals surface area contributed by atoms with Crippen LogP contribution < -0.4 is 0 Å². The number of hydrogen-bond donors (Lipinski definition) is 0. The molecular weight excluding hydrogens is 162 g/mol. The molecule has 1 fully saturated rings. The van der Waals surface area contributed by atoms with Crippen molar-refractivity contribution in [1.29, 1.82) is 0 Å². The molecule has 0 bridgehead atoms. The van der Waals surface area contributed by atoms with Crippen molar-refractivity contribution in [3.63, 3.8) is 0 Å². The zero-order valence-corrected chi connectivity index (χ0v) is 7.57. The van der Waals surface area contributed by atoms with Gasteiger partial charge in [0.25, 0.3) is 0 Å². The molecule has 3 heteroatoms. The van der Waals surface area contributed by atoms with E-state index in [1.165, 1.54) is 18.7 Å². The Bertz CT molecular complexity index is 454. The first kappa shape index (κ1) is 7.06. The first-order valence-corrected chi connectivity index (χ1v) is 4.63. The van der Waals surface area contributed by atoms with Crippen molar-refractivity contribution in [3.05, 3.63) is 24.2 Å². The molecule has 2 aromatic rings. The summed E-state index contributed by atoms with van der Waals surface area (Å²) >= 11 is 0. The molecule has 0 amide bonds. The normalized spacial score (nSPS) is 16.7. The Morgan fingerprint density at radius 2 is 2.31 bits per heavy atom. The van der Waals surface area contributed by atoms with E-state index < -0.39 is 0 Å². The van der Waals surface area contributed by atoms with Gasteiger partial charge in [0.2, 0.25) is 0 Å². The Morgan fingerprint density at radius 3 is 3.00 bits per heavy atom. The summed E-state index contributed by atoms with van der Waals surface area (Å²) in [6.07, 6.45) is 4.40. The van der Waals surface area contributed by atoms with E-state index in [2.05, 4.69) is 21.6 Å². The monoisotopic (exact) mass is 173 g/mol. The van der Waals surface area contributed by atoms with Gasteiger partial charge in [0.05, 0.1) is 0 Å². The molecule has 0 aromatic carbocycles. The highest BCUT2D eigenvalue weighted by atomic mass is 15.1. The van der Waals surface area contributed by atoms with E-state index in [1.807, 2.05) is 18.3 Å². The van der Waals surface area contributed by atoms with Crippen molar-refractivity contribution in [2.24, 2.45) is 7.05 Å². The molecule has 13 heavy (non-hydrogen) atoms. The summed E-state index contributed by atoms with van der Waals surface area (Å²) in [5, 5.41) is 0. The Morgan fingerprint density at radius 1 is 1.46 bits per heavy atom. The van der Waals surface area contributed by atoms with Crippen molar-refractivity contribution in [2.45, 2.75) is 18.8 Å². The quantitative estimate of drug-likeness (QED) is 0.658. The molecule has 3 nitrogen and oxygen atoms in total. The van der Waals surface area contributed by atoms with Crippen molar-refractivity contribution in [1.82, 2.24) is 14.5 Å². The van der Waals surface area contributed by atoms with Gasteiger partial charge >= 0.3 is 0 Å². The van der Waals surface area contributed by atoms with E-state index in [0.717, 1.165) is 11.2 Å². The van der Waals surface area contributed by atoms with Crippen LogP contribution in [0.2, 0.25) is 0 Å². The molecule has 0 atom stereocenters. The first-order chi connectivity index (χ1) is 6.36. The SMILES string of the molecule is Cn1c(C2CC2)nc2cccnc21. The van der Waals surface area contributed by atoms with Gasteiger partial charge in [0.1, 0.15) is 11.3 Å². The average Bonchev–Trinajstić information content (AvgIpc) is 2.94. The van der Waals surface area contributed by atoms with Crippen molar-refractivity contribution in [3.8, 4) is 0 Å². The minimum atomic E-state index is 0.694. The van der Waals surface area contributed by atoms with Gasteiger partial charge in [0.15, 0.2) is 5.65 Å². The van der Waals surface area contributed by atoms with E-state index in [4.69, 9.17) is 0 Å². The fourth-order valence-electron chi connectivity index (χ4n) is 1.75. The van der Waals surface area contributed by atoms with Gasteiger partial charge in [-0.2, -0.15) is 0 Å². The number of hydrogen-bond acceptors (Lipinski definition) is 2. The number of rotatable bonds is 1. The Hall–Kier alpha value is -1.38. The molecule has 2 aromatic heterocycles. The van der Waals surface area contributed by atoms with Gasteiger partial charge in [0, 0.05) is 19.2 Å². The van der Waals surface area contributed by atoms with Gasteiger partial charge < -0.3 is 4.57 Å². The highest BCUT2D eigenvalue weighted by Gasteiger charge is 2.28. The average molecular weight is 173 g/mol. The van der Waals surface area contributed by atoms with Crippen molar-refractivity contribution < 1.29 is 0 Å². The second-order valence-corrected chi connectivity index (χ2v) is 3.65. The first-order valence-electron chi connectivity index (χ1n) is 4.63. The van der Waals surface area contributed by atoms with E-state index in [0.29, 0.717) is 5.92 Å². The molecule has 3 rings (SSSR count).